The van der Waals surface area contributed by atoms with Crippen molar-refractivity contribution in [3.05, 3.63) is 17.5 Å². The minimum Gasteiger partial charge on any atom is -0.370 e. The van der Waals surface area contributed by atoms with Gasteiger partial charge in [-0.3, -0.25) is 4.79 Å². The van der Waals surface area contributed by atoms with Crippen LogP contribution in [0.3, 0.4) is 0 Å². The summed E-state index contributed by atoms with van der Waals surface area (Å²) >= 11 is 0. The predicted octanol–water partition coefficient (Wildman–Crippen LogP) is 0.401. The molecular weight excluding hydrogens is 144 g/mol. The van der Waals surface area contributed by atoms with E-state index in [1.807, 2.05) is 6.92 Å². The van der Waals surface area contributed by atoms with Crippen molar-refractivity contribution in [2.75, 3.05) is 0 Å². The van der Waals surface area contributed by atoms with E-state index >= 15 is 0 Å². The molecule has 1 amide bonds. The van der Waals surface area contributed by atoms with Gasteiger partial charge in [0.05, 0.1) is 6.20 Å². The maximum atomic E-state index is 10.4. The van der Waals surface area contributed by atoms with E-state index in [0.29, 0.717) is 12.8 Å². The average molecular weight is 154 g/mol. The van der Waals surface area contributed by atoms with Crippen LogP contribution < -0.4 is 5.73 Å². The Morgan fingerprint density at radius 1 is 1.82 bits per heavy atom. The van der Waals surface area contributed by atoms with Gasteiger partial charge in [-0.2, -0.15) is 0 Å². The zero-order valence-electron chi connectivity index (χ0n) is 6.33. The van der Waals surface area contributed by atoms with Gasteiger partial charge >= 0.3 is 0 Å². The Balaban J connectivity index is 2.51. The lowest BCUT2D eigenvalue weighted by molar-refractivity contribution is -0.118. The Labute approximate surface area is 64.4 Å². The van der Waals surface area contributed by atoms with Crippen LogP contribution in [0.2, 0.25) is 0 Å². The monoisotopic (exact) mass is 154 g/mol. The number of primary amides is 1. The van der Waals surface area contributed by atoms with Crippen LogP contribution in [-0.4, -0.2) is 11.1 Å². The van der Waals surface area contributed by atoms with Gasteiger partial charge in [-0.25, -0.2) is 0 Å². The van der Waals surface area contributed by atoms with Gasteiger partial charge in [0, 0.05) is 18.4 Å². The normalized spacial score (nSPS) is 9.91. The van der Waals surface area contributed by atoms with E-state index < -0.39 is 0 Å². The Morgan fingerprint density at radius 3 is 3.00 bits per heavy atom. The maximum Gasteiger partial charge on any atom is 0.217 e. The fraction of sp³-hybridized carbons (Fsp3) is 0.429. The van der Waals surface area contributed by atoms with Crippen LogP contribution in [0.25, 0.3) is 0 Å². The van der Waals surface area contributed by atoms with Crippen LogP contribution in [0.1, 0.15) is 17.7 Å². The number of hydrogen-bond donors (Lipinski definition) is 1. The van der Waals surface area contributed by atoms with Gasteiger partial charge in [0.2, 0.25) is 5.91 Å². The average Bonchev–Trinajstić information content (AvgIpc) is 2.31. The molecule has 11 heavy (non-hydrogen) atoms. The molecule has 0 saturated heterocycles. The molecule has 1 heterocycles. The number of aryl methyl sites for hydroxylation is 2. The fourth-order valence-corrected chi connectivity index (χ4v) is 0.793. The molecule has 0 aromatic carbocycles. The van der Waals surface area contributed by atoms with Crippen molar-refractivity contribution in [1.29, 1.82) is 0 Å². The highest BCUT2D eigenvalue weighted by atomic mass is 16.5. The lowest BCUT2D eigenvalue weighted by atomic mass is 10.2. The second kappa shape index (κ2) is 3.18. The molecule has 0 unspecified atom stereocenters. The summed E-state index contributed by atoms with van der Waals surface area (Å²) in [5.41, 5.74) is 5.92. The number of nitrogens with two attached hydrogens (primary N) is 1. The third-order valence-electron chi connectivity index (χ3n) is 1.45. The lowest BCUT2D eigenvalue weighted by Gasteiger charge is -1.92. The Hall–Kier alpha value is -1.32. The molecule has 1 aromatic rings. The second-order valence-electron chi connectivity index (χ2n) is 2.40. The Kier molecular flexibility index (Phi) is 2.25. The maximum absolute atomic E-state index is 10.4. The van der Waals surface area contributed by atoms with Gasteiger partial charge in [-0.1, -0.05) is 5.16 Å². The summed E-state index contributed by atoms with van der Waals surface area (Å²) in [7, 11) is 0. The second-order valence-corrected chi connectivity index (χ2v) is 2.40. The van der Waals surface area contributed by atoms with Gasteiger partial charge < -0.3 is 10.3 Å². The molecule has 0 atom stereocenters. The van der Waals surface area contributed by atoms with Crippen molar-refractivity contribution < 1.29 is 9.32 Å². The van der Waals surface area contributed by atoms with Crippen LogP contribution in [0, 0.1) is 6.92 Å². The molecule has 60 valence electrons. The number of aromatic nitrogens is 1. The van der Waals surface area contributed by atoms with Crippen molar-refractivity contribution in [2.45, 2.75) is 19.8 Å². The third-order valence-corrected chi connectivity index (χ3v) is 1.45. The van der Waals surface area contributed by atoms with Gasteiger partial charge in [0.25, 0.3) is 0 Å². The molecule has 4 nitrogen and oxygen atoms in total. The van der Waals surface area contributed by atoms with E-state index in [1.54, 1.807) is 6.20 Å². The van der Waals surface area contributed by atoms with E-state index in [9.17, 15) is 4.79 Å². The van der Waals surface area contributed by atoms with Crippen molar-refractivity contribution in [2.24, 2.45) is 5.73 Å². The largest absolute Gasteiger partial charge is 0.370 e. The number of nitrogens with zero attached hydrogens (tertiary/aromatic N) is 1. The van der Waals surface area contributed by atoms with Crippen molar-refractivity contribution in [1.82, 2.24) is 5.16 Å². The first-order valence-electron chi connectivity index (χ1n) is 3.38. The Bertz CT molecular complexity index is 255. The summed E-state index contributed by atoms with van der Waals surface area (Å²) in [5.74, 6) is 0.421. The van der Waals surface area contributed by atoms with Crippen molar-refractivity contribution >= 4 is 5.91 Å². The van der Waals surface area contributed by atoms with E-state index in [0.717, 1.165) is 11.3 Å². The number of carbonyl (C=O) groups is 1. The van der Waals surface area contributed by atoms with Crippen LogP contribution >= 0.6 is 0 Å². The minimum absolute atomic E-state index is 0.316. The quantitative estimate of drug-likeness (QED) is 0.685. The fourth-order valence-electron chi connectivity index (χ4n) is 0.793. The molecule has 0 radical (unpaired) electrons. The van der Waals surface area contributed by atoms with Gasteiger partial charge in [0.15, 0.2) is 0 Å². The standard InChI is InChI=1S/C7H10N2O2/c1-5-4-9-11-6(5)2-3-7(8)10/h4H,2-3H2,1H3,(H2,8,10). The number of hydrogen-bond acceptors (Lipinski definition) is 3. The van der Waals surface area contributed by atoms with E-state index in [1.165, 1.54) is 0 Å². The molecule has 1 aromatic heterocycles. The van der Waals surface area contributed by atoms with Gasteiger partial charge in [0.1, 0.15) is 5.76 Å². The molecule has 1 rings (SSSR count). The summed E-state index contributed by atoms with van der Waals surface area (Å²) in [6.45, 7) is 1.88. The van der Waals surface area contributed by atoms with Crippen LogP contribution in [-0.2, 0) is 11.2 Å². The molecule has 0 aliphatic rings. The summed E-state index contributed by atoms with van der Waals surface area (Å²) in [6, 6.07) is 0. The highest BCUT2D eigenvalue weighted by Gasteiger charge is 2.04. The topological polar surface area (TPSA) is 69.1 Å². The molecule has 0 bridgehead atoms. The highest BCUT2D eigenvalue weighted by molar-refractivity contribution is 5.73. The van der Waals surface area contributed by atoms with E-state index in [4.69, 9.17) is 10.3 Å². The van der Waals surface area contributed by atoms with E-state index in [-0.39, 0.29) is 5.91 Å². The summed E-state index contributed by atoms with van der Waals surface area (Å²) in [5, 5.41) is 3.57. The summed E-state index contributed by atoms with van der Waals surface area (Å²) in [6.07, 6.45) is 2.48. The van der Waals surface area contributed by atoms with E-state index in [2.05, 4.69) is 5.16 Å². The van der Waals surface area contributed by atoms with Gasteiger partial charge in [-0.05, 0) is 6.92 Å². The van der Waals surface area contributed by atoms with Crippen LogP contribution in [0.15, 0.2) is 10.7 Å². The molecular formula is C7H10N2O2. The van der Waals surface area contributed by atoms with Crippen LogP contribution in [0.4, 0.5) is 0 Å². The number of carbonyl (C=O) groups excluding carboxylic acids is 1. The first-order valence-corrected chi connectivity index (χ1v) is 3.38. The minimum atomic E-state index is -0.319. The summed E-state index contributed by atoms with van der Waals surface area (Å²) < 4.78 is 4.86. The molecule has 0 saturated carbocycles. The first kappa shape index (κ1) is 7.78. The van der Waals surface area contributed by atoms with Gasteiger partial charge in [-0.15, -0.1) is 0 Å². The molecule has 0 aliphatic carbocycles. The zero-order valence-corrected chi connectivity index (χ0v) is 6.33. The zero-order chi connectivity index (χ0) is 8.27. The Morgan fingerprint density at radius 2 is 2.55 bits per heavy atom. The lowest BCUT2D eigenvalue weighted by Crippen LogP contribution is -2.11. The van der Waals surface area contributed by atoms with Crippen molar-refractivity contribution in [3.8, 4) is 0 Å². The molecule has 4 heteroatoms. The molecule has 0 spiro atoms. The van der Waals surface area contributed by atoms with Crippen LogP contribution in [0.5, 0.6) is 0 Å². The molecule has 0 fully saturated rings. The predicted molar refractivity (Wildman–Crippen MR) is 38.8 cm³/mol. The first-order chi connectivity index (χ1) is 5.20. The SMILES string of the molecule is Cc1cnoc1CCC(N)=O. The summed E-state index contributed by atoms with van der Waals surface area (Å²) in [4.78, 5) is 10.4. The number of rotatable bonds is 3. The van der Waals surface area contributed by atoms with Crippen molar-refractivity contribution in [3.63, 3.8) is 0 Å². The molecule has 2 N–H and O–H groups in total. The molecule has 0 aliphatic heterocycles. The number of amides is 1. The third kappa shape index (κ3) is 2.07. The smallest absolute Gasteiger partial charge is 0.217 e. The highest BCUT2D eigenvalue weighted by Crippen LogP contribution is 2.07.